The van der Waals surface area contributed by atoms with Gasteiger partial charge in [-0.15, -0.1) is 0 Å². The highest BCUT2D eigenvalue weighted by Crippen LogP contribution is 2.10. The Hall–Kier alpha value is -2.08. The van der Waals surface area contributed by atoms with Gasteiger partial charge in [0.05, 0.1) is 6.54 Å². The van der Waals surface area contributed by atoms with Gasteiger partial charge in [0, 0.05) is 31.8 Å². The molecule has 1 unspecified atom stereocenters. The van der Waals surface area contributed by atoms with Gasteiger partial charge in [-0.1, -0.05) is 32.4 Å². The van der Waals surface area contributed by atoms with Gasteiger partial charge in [0.2, 0.25) is 0 Å². The molecule has 0 saturated carbocycles. The molecule has 0 aliphatic carbocycles. The van der Waals surface area contributed by atoms with E-state index in [4.69, 9.17) is 0 Å². The number of benzene rings is 1. The molecule has 4 N–H and O–H groups in total. The number of aliphatic hydroxyl groups is 1. The average Bonchev–Trinajstić information content (AvgIpc) is 2.68. The van der Waals surface area contributed by atoms with E-state index in [-0.39, 0.29) is 12.5 Å². The van der Waals surface area contributed by atoms with Gasteiger partial charge in [-0.05, 0) is 49.8 Å². The summed E-state index contributed by atoms with van der Waals surface area (Å²) < 4.78 is 0. The van der Waals surface area contributed by atoms with Gasteiger partial charge < -0.3 is 21.1 Å². The number of guanidine groups is 1. The first-order chi connectivity index (χ1) is 13.1. The lowest BCUT2D eigenvalue weighted by Gasteiger charge is -2.18. The molecule has 0 aromatic heterocycles. The van der Waals surface area contributed by atoms with E-state index in [1.54, 1.807) is 0 Å². The van der Waals surface area contributed by atoms with Gasteiger partial charge in [-0.25, -0.2) is 4.99 Å². The summed E-state index contributed by atoms with van der Waals surface area (Å²) in [5, 5.41) is 18.7. The molecule has 0 heterocycles. The van der Waals surface area contributed by atoms with Gasteiger partial charge in [-0.3, -0.25) is 4.79 Å². The van der Waals surface area contributed by atoms with Crippen LogP contribution in [-0.2, 0) is 6.54 Å². The van der Waals surface area contributed by atoms with E-state index in [1.807, 2.05) is 38.1 Å². The zero-order valence-electron chi connectivity index (χ0n) is 17.1. The summed E-state index contributed by atoms with van der Waals surface area (Å²) in [6.45, 7) is 9.20. The van der Waals surface area contributed by atoms with Crippen LogP contribution in [0.2, 0.25) is 0 Å². The lowest BCUT2D eigenvalue weighted by Crippen LogP contribution is -2.40. The molecule has 0 aliphatic rings. The van der Waals surface area contributed by atoms with Crippen molar-refractivity contribution in [3.8, 4) is 0 Å². The van der Waals surface area contributed by atoms with Crippen LogP contribution < -0.4 is 16.0 Å². The Morgan fingerprint density at radius 1 is 1.11 bits per heavy atom. The number of nitrogens with one attached hydrogen (secondary N) is 3. The molecule has 0 saturated heterocycles. The van der Waals surface area contributed by atoms with Crippen LogP contribution in [-0.4, -0.2) is 43.2 Å². The van der Waals surface area contributed by atoms with Crippen molar-refractivity contribution >= 4 is 11.9 Å². The predicted octanol–water partition coefficient (Wildman–Crippen LogP) is 2.68. The summed E-state index contributed by atoms with van der Waals surface area (Å²) in [6, 6.07) is 7.59. The fourth-order valence-electron chi connectivity index (χ4n) is 2.84. The van der Waals surface area contributed by atoms with Gasteiger partial charge in [0.1, 0.15) is 0 Å². The van der Waals surface area contributed by atoms with Crippen molar-refractivity contribution in [2.24, 2.45) is 10.9 Å². The zero-order chi connectivity index (χ0) is 19.9. The third-order valence-electron chi connectivity index (χ3n) is 4.28. The summed E-state index contributed by atoms with van der Waals surface area (Å²) in [7, 11) is 0. The Bertz CT molecular complexity index is 569. The molecular formula is C21H36N4O2. The van der Waals surface area contributed by atoms with Crippen molar-refractivity contribution in [2.45, 2.75) is 53.0 Å². The van der Waals surface area contributed by atoms with Gasteiger partial charge in [0.25, 0.3) is 5.91 Å². The summed E-state index contributed by atoms with van der Waals surface area (Å²) in [4.78, 5) is 16.7. The second-order valence-electron chi connectivity index (χ2n) is 6.70. The van der Waals surface area contributed by atoms with Crippen LogP contribution in [0.1, 0.15) is 62.4 Å². The number of carbonyl (C=O) groups excluding carboxylic acids is 1. The third kappa shape index (κ3) is 9.43. The molecule has 6 nitrogen and oxygen atoms in total. The molecule has 27 heavy (non-hydrogen) atoms. The van der Waals surface area contributed by atoms with Crippen LogP contribution in [0.3, 0.4) is 0 Å². The normalized spacial score (nSPS) is 12.5. The number of amides is 1. The largest absolute Gasteiger partial charge is 0.396 e. The third-order valence-corrected chi connectivity index (χ3v) is 4.28. The van der Waals surface area contributed by atoms with Gasteiger partial charge >= 0.3 is 0 Å². The predicted molar refractivity (Wildman–Crippen MR) is 112 cm³/mol. The smallest absolute Gasteiger partial charge is 0.251 e. The summed E-state index contributed by atoms with van der Waals surface area (Å²) in [6.07, 6.45) is 3.91. The summed E-state index contributed by atoms with van der Waals surface area (Å²) in [5.74, 6) is 1.16. The summed E-state index contributed by atoms with van der Waals surface area (Å²) >= 11 is 0. The highest BCUT2D eigenvalue weighted by molar-refractivity contribution is 5.94. The molecule has 0 aliphatic heterocycles. The minimum atomic E-state index is -0.0425. The van der Waals surface area contributed by atoms with E-state index in [0.717, 1.165) is 50.3 Å². The number of aliphatic imine (C=N–C) groups is 1. The Morgan fingerprint density at radius 3 is 2.59 bits per heavy atom. The topological polar surface area (TPSA) is 85.8 Å². The van der Waals surface area contributed by atoms with Crippen LogP contribution in [0.5, 0.6) is 0 Å². The van der Waals surface area contributed by atoms with E-state index in [0.29, 0.717) is 24.6 Å². The molecule has 6 heteroatoms. The van der Waals surface area contributed by atoms with E-state index in [1.165, 1.54) is 0 Å². The Morgan fingerprint density at radius 2 is 1.93 bits per heavy atom. The van der Waals surface area contributed by atoms with E-state index in [2.05, 4.69) is 27.9 Å². The quantitative estimate of drug-likeness (QED) is 0.334. The van der Waals surface area contributed by atoms with Crippen LogP contribution in [0.15, 0.2) is 29.3 Å². The first kappa shape index (κ1) is 23.0. The molecule has 1 aromatic rings. The lowest BCUT2D eigenvalue weighted by atomic mass is 10.0. The Balaban J connectivity index is 2.70. The van der Waals surface area contributed by atoms with Crippen molar-refractivity contribution in [3.63, 3.8) is 0 Å². The fraction of sp³-hybridized carbons (Fsp3) is 0.619. The second-order valence-corrected chi connectivity index (χ2v) is 6.70. The molecule has 1 aromatic carbocycles. The standard InChI is InChI=1S/C21H36N4O2/c1-4-8-17(11-13-26)15-24-21(22-6-3)25-16-18-9-7-10-19(14-18)20(27)23-12-5-2/h7,9-10,14,17,26H,4-6,8,11-13,15-16H2,1-3H3,(H,23,27)(H2,22,24,25). The molecule has 0 spiro atoms. The van der Waals surface area contributed by atoms with E-state index >= 15 is 0 Å². The van der Waals surface area contributed by atoms with Crippen molar-refractivity contribution in [2.75, 3.05) is 26.2 Å². The van der Waals surface area contributed by atoms with E-state index in [9.17, 15) is 9.90 Å². The first-order valence-electron chi connectivity index (χ1n) is 10.1. The number of nitrogens with zero attached hydrogens (tertiary/aromatic N) is 1. The molecule has 0 bridgehead atoms. The van der Waals surface area contributed by atoms with Crippen LogP contribution in [0.25, 0.3) is 0 Å². The Kier molecular flexibility index (Phi) is 11.9. The molecular weight excluding hydrogens is 340 g/mol. The lowest BCUT2D eigenvalue weighted by molar-refractivity contribution is 0.0953. The average molecular weight is 377 g/mol. The van der Waals surface area contributed by atoms with Crippen LogP contribution in [0.4, 0.5) is 0 Å². The molecule has 1 amide bonds. The highest BCUT2D eigenvalue weighted by atomic mass is 16.3. The van der Waals surface area contributed by atoms with Crippen LogP contribution >= 0.6 is 0 Å². The molecule has 152 valence electrons. The van der Waals surface area contributed by atoms with Crippen molar-refractivity contribution in [1.82, 2.24) is 16.0 Å². The highest BCUT2D eigenvalue weighted by Gasteiger charge is 2.09. The molecule has 0 fully saturated rings. The number of aliphatic hydroxyl groups excluding tert-OH is 1. The van der Waals surface area contributed by atoms with Gasteiger partial charge in [0.15, 0.2) is 5.96 Å². The maximum Gasteiger partial charge on any atom is 0.251 e. The van der Waals surface area contributed by atoms with Gasteiger partial charge in [-0.2, -0.15) is 0 Å². The van der Waals surface area contributed by atoms with Crippen LogP contribution in [0, 0.1) is 5.92 Å². The second kappa shape index (κ2) is 14.0. The number of rotatable bonds is 12. The Labute approximate surface area is 163 Å². The maximum atomic E-state index is 12.1. The fourth-order valence-corrected chi connectivity index (χ4v) is 2.84. The maximum absolute atomic E-state index is 12.1. The van der Waals surface area contributed by atoms with Crippen molar-refractivity contribution in [3.05, 3.63) is 35.4 Å². The SMILES string of the molecule is CCCNC(=O)c1cccc(CN=C(NCC)NCC(CCC)CCO)c1. The number of carbonyl (C=O) groups is 1. The van der Waals surface area contributed by atoms with Crippen molar-refractivity contribution < 1.29 is 9.90 Å². The molecule has 1 rings (SSSR count). The van der Waals surface area contributed by atoms with Crippen molar-refractivity contribution in [1.29, 1.82) is 0 Å². The zero-order valence-corrected chi connectivity index (χ0v) is 17.1. The molecule has 1 atom stereocenters. The minimum absolute atomic E-state index is 0.0425. The summed E-state index contributed by atoms with van der Waals surface area (Å²) in [5.41, 5.74) is 1.66. The monoisotopic (exact) mass is 376 g/mol. The first-order valence-corrected chi connectivity index (χ1v) is 10.1. The minimum Gasteiger partial charge on any atom is -0.396 e. The van der Waals surface area contributed by atoms with E-state index < -0.39 is 0 Å². The number of hydrogen-bond donors (Lipinski definition) is 4. The molecule has 0 radical (unpaired) electrons. The number of hydrogen-bond acceptors (Lipinski definition) is 3.